The fraction of sp³-hybridized carbons (Fsp3) is 0.375. The van der Waals surface area contributed by atoms with E-state index in [0.29, 0.717) is 5.69 Å². The molecule has 0 bridgehead atoms. The van der Waals surface area contributed by atoms with Crippen LogP contribution in [0.25, 0.3) is 0 Å². The lowest BCUT2D eigenvalue weighted by atomic mass is 10.0. The number of imide groups is 2. The van der Waals surface area contributed by atoms with Crippen molar-refractivity contribution in [1.29, 1.82) is 0 Å². The predicted molar refractivity (Wildman–Crippen MR) is 125 cm³/mol. The number of rotatable bonds is 6. The van der Waals surface area contributed by atoms with Crippen molar-refractivity contribution < 1.29 is 19.2 Å². The number of benzene rings is 1. The van der Waals surface area contributed by atoms with E-state index in [2.05, 4.69) is 26.7 Å². The minimum Gasteiger partial charge on any atom is -0.318 e. The summed E-state index contributed by atoms with van der Waals surface area (Å²) in [7, 11) is 0. The number of carbonyl (C=O) groups is 4. The molecule has 35 heavy (non-hydrogen) atoms. The van der Waals surface area contributed by atoms with Gasteiger partial charge in [0.1, 0.15) is 6.04 Å². The van der Waals surface area contributed by atoms with Crippen LogP contribution in [0.1, 0.15) is 39.1 Å². The average molecular weight is 476 g/mol. The number of nitrogens with zero attached hydrogens (tertiary/aromatic N) is 5. The van der Waals surface area contributed by atoms with E-state index >= 15 is 0 Å². The van der Waals surface area contributed by atoms with Gasteiger partial charge in [-0.2, -0.15) is 5.10 Å². The van der Waals surface area contributed by atoms with Crippen molar-refractivity contribution >= 4 is 29.3 Å². The lowest BCUT2D eigenvalue weighted by molar-refractivity contribution is -0.136. The molecule has 0 radical (unpaired) electrons. The van der Waals surface area contributed by atoms with E-state index in [4.69, 9.17) is 6.42 Å². The number of nitrogens with one attached hydrogen (secondary N) is 2. The molecule has 2 saturated heterocycles. The number of piperidine rings is 1. The van der Waals surface area contributed by atoms with E-state index in [1.54, 1.807) is 24.4 Å². The molecule has 1 aromatic heterocycles. The van der Waals surface area contributed by atoms with Gasteiger partial charge in [0, 0.05) is 45.3 Å². The van der Waals surface area contributed by atoms with Gasteiger partial charge in [0.05, 0.1) is 35.1 Å². The number of hydrogen-bond donors (Lipinski definition) is 2. The Bertz CT molecular complexity index is 1240. The number of hydrazine groups is 1. The molecule has 1 aromatic carbocycles. The number of anilines is 1. The Kier molecular flexibility index (Phi) is 6.07. The molecule has 11 heteroatoms. The number of terminal acetylenes is 1. The zero-order chi connectivity index (χ0) is 24.5. The van der Waals surface area contributed by atoms with E-state index in [1.165, 1.54) is 0 Å². The third-order valence-corrected chi connectivity index (χ3v) is 6.56. The molecule has 2 aromatic rings. The van der Waals surface area contributed by atoms with Crippen LogP contribution in [0.2, 0.25) is 0 Å². The maximum absolute atomic E-state index is 13.2. The lowest BCUT2D eigenvalue weighted by Crippen LogP contribution is -2.54. The Balaban J connectivity index is 1.21. The SMILES string of the molecule is C#Cc1cnn(CCN2CCN(Nc3cccc4c3C(=O)N(C3CCC(=O)NC3=O)C4=O)CC2)c1. The van der Waals surface area contributed by atoms with Gasteiger partial charge in [-0.05, 0) is 18.6 Å². The molecule has 5 rings (SSSR count). The van der Waals surface area contributed by atoms with Gasteiger partial charge < -0.3 is 5.43 Å². The summed E-state index contributed by atoms with van der Waals surface area (Å²) in [6.07, 6.45) is 9.13. The first-order valence-electron chi connectivity index (χ1n) is 11.5. The molecule has 3 aliphatic rings. The van der Waals surface area contributed by atoms with Crippen LogP contribution < -0.4 is 10.7 Å². The molecule has 1 unspecified atom stereocenters. The van der Waals surface area contributed by atoms with Gasteiger partial charge in [-0.1, -0.05) is 12.0 Å². The highest BCUT2D eigenvalue weighted by molar-refractivity contribution is 6.25. The standard InChI is InChI=1S/C24H25N7O4/c1-2-16-14-25-30(15-16)13-10-28-8-11-29(12-9-28)27-18-5-3-4-17-21(18)24(35)31(23(17)34)19-6-7-20(32)26-22(19)33/h1,3-5,14-15,19,27H,6-13H2,(H,26,32,33). The van der Waals surface area contributed by atoms with Crippen molar-refractivity contribution in [1.82, 2.24) is 29.9 Å². The van der Waals surface area contributed by atoms with Crippen molar-refractivity contribution in [2.75, 3.05) is 38.1 Å². The highest BCUT2D eigenvalue weighted by atomic mass is 16.2. The Hall–Kier alpha value is -4.01. The summed E-state index contributed by atoms with van der Waals surface area (Å²) < 4.78 is 1.84. The quantitative estimate of drug-likeness (QED) is 0.440. The summed E-state index contributed by atoms with van der Waals surface area (Å²) in [5.41, 5.74) is 5.10. The van der Waals surface area contributed by atoms with Gasteiger partial charge in [0.2, 0.25) is 11.8 Å². The smallest absolute Gasteiger partial charge is 0.264 e. The number of hydrogen-bond acceptors (Lipinski definition) is 8. The molecule has 3 aliphatic heterocycles. The predicted octanol–water partition coefficient (Wildman–Crippen LogP) is -0.0897. The monoisotopic (exact) mass is 475 g/mol. The second kappa shape index (κ2) is 9.32. The number of fused-ring (bicyclic) bond motifs is 1. The number of piperazine rings is 1. The van der Waals surface area contributed by atoms with Crippen LogP contribution in [0.3, 0.4) is 0 Å². The Labute approximate surface area is 202 Å². The minimum atomic E-state index is -0.983. The second-order valence-electron chi connectivity index (χ2n) is 8.75. The van der Waals surface area contributed by atoms with Crippen molar-refractivity contribution in [3.8, 4) is 12.3 Å². The lowest BCUT2D eigenvalue weighted by Gasteiger charge is -2.35. The Morgan fingerprint density at radius 1 is 1.09 bits per heavy atom. The molecule has 2 fully saturated rings. The number of carbonyl (C=O) groups excluding carboxylic acids is 4. The number of amides is 4. The van der Waals surface area contributed by atoms with Gasteiger partial charge in [-0.3, -0.25) is 39.0 Å². The molecular formula is C24H25N7O4. The summed E-state index contributed by atoms with van der Waals surface area (Å²) in [5.74, 6) is 0.519. The zero-order valence-corrected chi connectivity index (χ0v) is 19.1. The zero-order valence-electron chi connectivity index (χ0n) is 19.1. The molecule has 4 amide bonds. The van der Waals surface area contributed by atoms with Gasteiger partial charge in [-0.15, -0.1) is 6.42 Å². The topological polar surface area (TPSA) is 120 Å². The number of aromatic nitrogens is 2. The maximum Gasteiger partial charge on any atom is 0.264 e. The third kappa shape index (κ3) is 4.41. The van der Waals surface area contributed by atoms with Crippen molar-refractivity contribution in [3.63, 3.8) is 0 Å². The minimum absolute atomic E-state index is 0.0880. The van der Waals surface area contributed by atoms with Gasteiger partial charge in [0.25, 0.3) is 11.8 Å². The molecule has 1 atom stereocenters. The van der Waals surface area contributed by atoms with Crippen LogP contribution >= 0.6 is 0 Å². The molecule has 0 spiro atoms. The first kappa shape index (κ1) is 22.8. The summed E-state index contributed by atoms with van der Waals surface area (Å²) in [5, 5.41) is 8.49. The van der Waals surface area contributed by atoms with Crippen LogP contribution in [0.5, 0.6) is 0 Å². The fourth-order valence-electron chi connectivity index (χ4n) is 4.67. The molecular weight excluding hydrogens is 450 g/mol. The summed E-state index contributed by atoms with van der Waals surface area (Å²) in [6.45, 7) is 4.66. The highest BCUT2D eigenvalue weighted by Crippen LogP contribution is 2.32. The van der Waals surface area contributed by atoms with Gasteiger partial charge in [-0.25, -0.2) is 5.01 Å². The third-order valence-electron chi connectivity index (χ3n) is 6.56. The van der Waals surface area contributed by atoms with Gasteiger partial charge in [0.15, 0.2) is 0 Å². The van der Waals surface area contributed by atoms with Crippen molar-refractivity contribution in [2.45, 2.75) is 25.4 Å². The Morgan fingerprint density at radius 2 is 1.89 bits per heavy atom. The van der Waals surface area contributed by atoms with E-state index in [0.717, 1.165) is 49.7 Å². The van der Waals surface area contributed by atoms with Crippen LogP contribution in [-0.2, 0) is 16.1 Å². The summed E-state index contributed by atoms with van der Waals surface area (Å²) in [4.78, 5) is 53.4. The van der Waals surface area contributed by atoms with Crippen LogP contribution in [-0.4, -0.2) is 87.0 Å². The molecule has 11 nitrogen and oxygen atoms in total. The van der Waals surface area contributed by atoms with E-state index in [-0.39, 0.29) is 24.0 Å². The van der Waals surface area contributed by atoms with Gasteiger partial charge >= 0.3 is 0 Å². The maximum atomic E-state index is 13.2. The van der Waals surface area contributed by atoms with Crippen LogP contribution in [0, 0.1) is 12.3 Å². The summed E-state index contributed by atoms with van der Waals surface area (Å²) >= 11 is 0. The largest absolute Gasteiger partial charge is 0.318 e. The molecule has 2 N–H and O–H groups in total. The highest BCUT2D eigenvalue weighted by Gasteiger charge is 2.45. The van der Waals surface area contributed by atoms with Crippen molar-refractivity contribution in [2.24, 2.45) is 0 Å². The van der Waals surface area contributed by atoms with Crippen molar-refractivity contribution in [3.05, 3.63) is 47.3 Å². The average Bonchev–Trinajstić information content (AvgIpc) is 3.42. The molecule has 4 heterocycles. The molecule has 0 saturated carbocycles. The van der Waals surface area contributed by atoms with E-state index in [9.17, 15) is 19.2 Å². The first-order valence-corrected chi connectivity index (χ1v) is 11.5. The van der Waals surface area contributed by atoms with E-state index in [1.807, 2.05) is 15.9 Å². The van der Waals surface area contributed by atoms with Crippen LogP contribution in [0.4, 0.5) is 5.69 Å². The molecule has 0 aliphatic carbocycles. The normalized spacial score (nSPS) is 21.1. The Morgan fingerprint density at radius 3 is 2.60 bits per heavy atom. The first-order chi connectivity index (χ1) is 16.9. The molecule has 180 valence electrons. The van der Waals surface area contributed by atoms with Crippen LogP contribution in [0.15, 0.2) is 30.6 Å². The fourth-order valence-corrected chi connectivity index (χ4v) is 4.67. The second-order valence-corrected chi connectivity index (χ2v) is 8.75. The van der Waals surface area contributed by atoms with E-state index < -0.39 is 29.7 Å². The summed E-state index contributed by atoms with van der Waals surface area (Å²) in [6, 6.07) is 4.07.